The summed E-state index contributed by atoms with van der Waals surface area (Å²) in [6, 6.07) is 8.15. The SMILES string of the molecule is COc1cccc(C[C@@H](C)NC(=O)N2CCSCC2)c1. The fourth-order valence-electron chi connectivity index (χ4n) is 2.27. The van der Waals surface area contributed by atoms with Crippen LogP contribution in [0.3, 0.4) is 0 Å². The molecule has 1 aliphatic heterocycles. The van der Waals surface area contributed by atoms with Gasteiger partial charge in [0.15, 0.2) is 0 Å². The Balaban J connectivity index is 1.84. The number of carbonyl (C=O) groups excluding carboxylic acids is 1. The fraction of sp³-hybridized carbons (Fsp3) is 0.533. The van der Waals surface area contributed by atoms with E-state index in [-0.39, 0.29) is 12.1 Å². The first kappa shape index (κ1) is 15.0. The van der Waals surface area contributed by atoms with E-state index in [9.17, 15) is 4.79 Å². The van der Waals surface area contributed by atoms with Gasteiger partial charge in [-0.25, -0.2) is 4.79 Å². The molecule has 0 bridgehead atoms. The van der Waals surface area contributed by atoms with Crippen molar-refractivity contribution in [1.82, 2.24) is 10.2 Å². The lowest BCUT2D eigenvalue weighted by Gasteiger charge is -2.28. The van der Waals surface area contributed by atoms with E-state index < -0.39 is 0 Å². The highest BCUT2D eigenvalue weighted by molar-refractivity contribution is 7.99. The van der Waals surface area contributed by atoms with Gasteiger partial charge in [0.25, 0.3) is 0 Å². The van der Waals surface area contributed by atoms with Gasteiger partial charge in [-0.15, -0.1) is 0 Å². The van der Waals surface area contributed by atoms with Crippen LogP contribution in [-0.4, -0.2) is 48.7 Å². The molecule has 0 saturated carbocycles. The molecule has 2 rings (SSSR count). The number of amides is 2. The topological polar surface area (TPSA) is 41.6 Å². The highest BCUT2D eigenvalue weighted by Gasteiger charge is 2.18. The van der Waals surface area contributed by atoms with Gasteiger partial charge in [0, 0.05) is 30.6 Å². The Labute approximate surface area is 124 Å². The minimum Gasteiger partial charge on any atom is -0.497 e. The molecule has 1 saturated heterocycles. The van der Waals surface area contributed by atoms with Gasteiger partial charge in [0.05, 0.1) is 7.11 Å². The Morgan fingerprint density at radius 1 is 1.45 bits per heavy atom. The third-order valence-corrected chi connectivity index (χ3v) is 4.29. The molecule has 0 aromatic heterocycles. The minimum absolute atomic E-state index is 0.0562. The van der Waals surface area contributed by atoms with Gasteiger partial charge in [-0.2, -0.15) is 11.8 Å². The van der Waals surface area contributed by atoms with Crippen LogP contribution in [0.15, 0.2) is 24.3 Å². The largest absolute Gasteiger partial charge is 0.497 e. The zero-order valence-corrected chi connectivity index (χ0v) is 12.9. The van der Waals surface area contributed by atoms with Crippen molar-refractivity contribution in [2.45, 2.75) is 19.4 Å². The summed E-state index contributed by atoms with van der Waals surface area (Å²) in [5.41, 5.74) is 1.17. The predicted molar refractivity (Wildman–Crippen MR) is 83.6 cm³/mol. The van der Waals surface area contributed by atoms with Gasteiger partial charge in [-0.05, 0) is 31.0 Å². The van der Waals surface area contributed by atoms with E-state index >= 15 is 0 Å². The van der Waals surface area contributed by atoms with Crippen LogP contribution in [0, 0.1) is 0 Å². The van der Waals surface area contributed by atoms with Crippen molar-refractivity contribution in [3.05, 3.63) is 29.8 Å². The zero-order chi connectivity index (χ0) is 14.4. The summed E-state index contributed by atoms with van der Waals surface area (Å²) < 4.78 is 5.21. The fourth-order valence-corrected chi connectivity index (χ4v) is 3.18. The number of hydrogen-bond donors (Lipinski definition) is 1. The van der Waals surface area contributed by atoms with E-state index in [1.54, 1.807) is 7.11 Å². The summed E-state index contributed by atoms with van der Waals surface area (Å²) in [5.74, 6) is 2.93. The normalized spacial score (nSPS) is 16.6. The number of benzene rings is 1. The van der Waals surface area contributed by atoms with E-state index in [1.165, 1.54) is 5.56 Å². The van der Waals surface area contributed by atoms with Crippen LogP contribution in [0.1, 0.15) is 12.5 Å². The minimum atomic E-state index is 0.0562. The number of nitrogens with zero attached hydrogens (tertiary/aromatic N) is 1. The molecule has 1 aliphatic rings. The maximum Gasteiger partial charge on any atom is 0.317 e. The number of urea groups is 1. The van der Waals surface area contributed by atoms with E-state index in [0.29, 0.717) is 0 Å². The number of rotatable bonds is 4. The maximum absolute atomic E-state index is 12.1. The molecule has 0 unspecified atom stereocenters. The molecule has 0 aliphatic carbocycles. The lowest BCUT2D eigenvalue weighted by atomic mass is 10.1. The second-order valence-electron chi connectivity index (χ2n) is 5.01. The van der Waals surface area contributed by atoms with Gasteiger partial charge in [-0.3, -0.25) is 0 Å². The molecule has 1 aromatic carbocycles. The average Bonchev–Trinajstić information content (AvgIpc) is 2.48. The van der Waals surface area contributed by atoms with Crippen molar-refractivity contribution in [1.29, 1.82) is 0 Å². The monoisotopic (exact) mass is 294 g/mol. The van der Waals surface area contributed by atoms with Crippen LogP contribution in [0.4, 0.5) is 4.79 Å². The molecule has 0 spiro atoms. The van der Waals surface area contributed by atoms with Crippen LogP contribution < -0.4 is 10.1 Å². The molecule has 0 radical (unpaired) electrons. The summed E-state index contributed by atoms with van der Waals surface area (Å²) in [4.78, 5) is 14.0. The molecular formula is C15H22N2O2S. The molecule has 1 atom stereocenters. The standard InChI is InChI=1S/C15H22N2O2S/c1-12(10-13-4-3-5-14(11-13)19-2)16-15(18)17-6-8-20-9-7-17/h3-5,11-12H,6-10H2,1-2H3,(H,16,18)/t12-/m1/s1. The number of carbonyl (C=O) groups is 1. The highest BCUT2D eigenvalue weighted by atomic mass is 32.2. The van der Waals surface area contributed by atoms with E-state index in [4.69, 9.17) is 4.74 Å². The van der Waals surface area contributed by atoms with Crippen LogP contribution in [0.25, 0.3) is 0 Å². The van der Waals surface area contributed by atoms with E-state index in [2.05, 4.69) is 11.4 Å². The van der Waals surface area contributed by atoms with Gasteiger partial charge in [0.2, 0.25) is 0 Å². The van der Waals surface area contributed by atoms with Crippen LogP contribution in [-0.2, 0) is 6.42 Å². The molecule has 1 heterocycles. The molecule has 1 aromatic rings. The van der Waals surface area contributed by atoms with Gasteiger partial charge >= 0.3 is 6.03 Å². The van der Waals surface area contributed by atoms with Gasteiger partial charge in [0.1, 0.15) is 5.75 Å². The highest BCUT2D eigenvalue weighted by Crippen LogP contribution is 2.14. The first-order valence-corrected chi connectivity index (χ1v) is 8.10. The Hall–Kier alpha value is -1.36. The van der Waals surface area contributed by atoms with Crippen molar-refractivity contribution in [3.8, 4) is 5.75 Å². The quantitative estimate of drug-likeness (QED) is 0.927. The van der Waals surface area contributed by atoms with Crippen LogP contribution in [0.5, 0.6) is 5.75 Å². The molecule has 20 heavy (non-hydrogen) atoms. The van der Waals surface area contributed by atoms with E-state index in [1.807, 2.05) is 41.8 Å². The molecule has 1 N–H and O–H groups in total. The lowest BCUT2D eigenvalue weighted by molar-refractivity contribution is 0.199. The molecule has 5 heteroatoms. The van der Waals surface area contributed by atoms with Crippen molar-refractivity contribution in [2.24, 2.45) is 0 Å². The molecule has 1 fully saturated rings. The third-order valence-electron chi connectivity index (χ3n) is 3.34. The molecule has 2 amide bonds. The number of thioether (sulfide) groups is 1. The summed E-state index contributed by atoms with van der Waals surface area (Å²) in [5, 5.41) is 3.07. The molecule has 4 nitrogen and oxygen atoms in total. The van der Waals surface area contributed by atoms with E-state index in [0.717, 1.165) is 36.8 Å². The first-order chi connectivity index (χ1) is 9.69. The van der Waals surface area contributed by atoms with Crippen molar-refractivity contribution in [3.63, 3.8) is 0 Å². The van der Waals surface area contributed by atoms with Crippen molar-refractivity contribution >= 4 is 17.8 Å². The van der Waals surface area contributed by atoms with Crippen molar-refractivity contribution in [2.75, 3.05) is 31.7 Å². The Bertz CT molecular complexity index is 447. The Morgan fingerprint density at radius 2 is 2.20 bits per heavy atom. The number of hydrogen-bond acceptors (Lipinski definition) is 3. The summed E-state index contributed by atoms with van der Waals surface area (Å²) in [6.07, 6.45) is 0.811. The van der Waals surface area contributed by atoms with Crippen molar-refractivity contribution < 1.29 is 9.53 Å². The molecular weight excluding hydrogens is 272 g/mol. The number of ether oxygens (including phenoxy) is 1. The zero-order valence-electron chi connectivity index (χ0n) is 12.1. The third kappa shape index (κ3) is 4.34. The molecule has 110 valence electrons. The first-order valence-electron chi connectivity index (χ1n) is 6.95. The average molecular weight is 294 g/mol. The number of methoxy groups -OCH3 is 1. The van der Waals surface area contributed by atoms with Crippen LogP contribution in [0.2, 0.25) is 0 Å². The van der Waals surface area contributed by atoms with Gasteiger partial charge < -0.3 is 15.0 Å². The Morgan fingerprint density at radius 3 is 2.90 bits per heavy atom. The summed E-state index contributed by atoms with van der Waals surface area (Å²) in [7, 11) is 1.67. The summed E-state index contributed by atoms with van der Waals surface area (Å²) >= 11 is 1.91. The van der Waals surface area contributed by atoms with Gasteiger partial charge in [-0.1, -0.05) is 12.1 Å². The maximum atomic E-state index is 12.1. The summed E-state index contributed by atoms with van der Waals surface area (Å²) in [6.45, 7) is 3.74. The predicted octanol–water partition coefficient (Wildman–Crippen LogP) is 2.38. The van der Waals surface area contributed by atoms with Crippen LogP contribution >= 0.6 is 11.8 Å². The second-order valence-corrected chi connectivity index (χ2v) is 6.23. The number of nitrogens with one attached hydrogen (secondary N) is 1. The lowest BCUT2D eigenvalue weighted by Crippen LogP contribution is -2.47. The Kier molecular flexibility index (Phi) is 5.59. The second kappa shape index (κ2) is 7.43. The smallest absolute Gasteiger partial charge is 0.317 e.